The highest BCUT2D eigenvalue weighted by Gasteiger charge is 2.32. The Labute approximate surface area is 157 Å². The highest BCUT2D eigenvalue weighted by Crippen LogP contribution is 2.41. The van der Waals surface area contributed by atoms with Crippen molar-refractivity contribution >= 4 is 11.6 Å². The van der Waals surface area contributed by atoms with Crippen LogP contribution >= 0.6 is 0 Å². The van der Waals surface area contributed by atoms with Crippen LogP contribution in [0.3, 0.4) is 0 Å². The van der Waals surface area contributed by atoms with Crippen molar-refractivity contribution in [1.29, 1.82) is 0 Å². The molecular weight excluding hydrogens is 348 g/mol. The van der Waals surface area contributed by atoms with E-state index in [4.69, 9.17) is 9.47 Å². The summed E-state index contributed by atoms with van der Waals surface area (Å²) in [6.45, 7) is 6.09. The average molecular weight is 370 g/mol. The van der Waals surface area contributed by atoms with Crippen LogP contribution in [0.25, 0.3) is 0 Å². The number of benzene rings is 2. The van der Waals surface area contributed by atoms with Crippen LogP contribution in [-0.2, 0) is 6.42 Å². The van der Waals surface area contributed by atoms with Crippen molar-refractivity contribution in [3.8, 4) is 11.5 Å². The van der Waals surface area contributed by atoms with Crippen molar-refractivity contribution in [2.75, 3.05) is 13.2 Å². The number of nitro groups is 1. The van der Waals surface area contributed by atoms with E-state index in [0.717, 1.165) is 17.7 Å². The molecule has 1 aliphatic rings. The Bertz CT molecular complexity index is 892. The molecule has 0 bridgehead atoms. The Morgan fingerprint density at radius 1 is 1.30 bits per heavy atom. The number of hydrogen-bond acceptors (Lipinski definition) is 5. The van der Waals surface area contributed by atoms with Crippen LogP contribution < -0.4 is 14.8 Å². The van der Waals surface area contributed by atoms with E-state index in [0.29, 0.717) is 11.3 Å². The molecule has 3 rings (SSSR count). The molecule has 142 valence electrons. The average Bonchev–Trinajstić information content (AvgIpc) is 2.92. The smallest absolute Gasteiger partial charge is 0.285 e. The molecule has 0 saturated heterocycles. The maximum Gasteiger partial charge on any atom is 0.285 e. The molecule has 0 aliphatic carbocycles. The number of nitrogens with one attached hydrogen (secondary N) is 1. The van der Waals surface area contributed by atoms with Gasteiger partial charge in [-0.1, -0.05) is 24.3 Å². The fraction of sp³-hybridized carbons (Fsp3) is 0.350. The standard InChI is InChI=1S/C20H22N2O5/c1-13-6-4-8-15(17(13)22(24)25)19(23)21-10-11-26-16-9-5-7-14-12-20(2,3)27-18(14)16/h4-9H,10-12H2,1-3H3,(H,21,23). The van der Waals surface area contributed by atoms with Crippen molar-refractivity contribution in [3.63, 3.8) is 0 Å². The lowest BCUT2D eigenvalue weighted by Gasteiger charge is -2.18. The normalized spacial score (nSPS) is 14.2. The molecule has 0 aromatic heterocycles. The zero-order valence-electron chi connectivity index (χ0n) is 15.6. The van der Waals surface area contributed by atoms with E-state index in [2.05, 4.69) is 5.32 Å². The fourth-order valence-electron chi connectivity index (χ4n) is 3.21. The summed E-state index contributed by atoms with van der Waals surface area (Å²) in [6, 6.07) is 10.4. The number of carbonyl (C=O) groups excluding carboxylic acids is 1. The number of fused-ring (bicyclic) bond motifs is 1. The first-order chi connectivity index (χ1) is 12.8. The molecular formula is C20H22N2O5. The van der Waals surface area contributed by atoms with Crippen LogP contribution in [0, 0.1) is 17.0 Å². The molecule has 2 aromatic carbocycles. The number of amides is 1. The van der Waals surface area contributed by atoms with Gasteiger partial charge in [0.15, 0.2) is 11.5 Å². The van der Waals surface area contributed by atoms with Gasteiger partial charge < -0.3 is 14.8 Å². The zero-order valence-corrected chi connectivity index (χ0v) is 15.6. The molecule has 2 aromatic rings. The van der Waals surface area contributed by atoms with Crippen LogP contribution in [-0.4, -0.2) is 29.6 Å². The van der Waals surface area contributed by atoms with E-state index in [1.807, 2.05) is 32.0 Å². The summed E-state index contributed by atoms with van der Waals surface area (Å²) in [5.41, 5.74) is 1.15. The Kier molecular flexibility index (Phi) is 5.03. The lowest BCUT2D eigenvalue weighted by Crippen LogP contribution is -2.29. The number of rotatable bonds is 6. The quantitative estimate of drug-likeness (QED) is 0.478. The van der Waals surface area contributed by atoms with Gasteiger partial charge in [0.05, 0.1) is 11.5 Å². The van der Waals surface area contributed by atoms with Gasteiger partial charge in [-0.25, -0.2) is 0 Å². The first-order valence-corrected chi connectivity index (χ1v) is 8.74. The monoisotopic (exact) mass is 370 g/mol. The SMILES string of the molecule is Cc1cccc(C(=O)NCCOc2cccc3c2OC(C)(C)C3)c1[N+](=O)[O-]. The second kappa shape index (κ2) is 7.26. The van der Waals surface area contributed by atoms with Gasteiger partial charge in [-0.2, -0.15) is 0 Å². The minimum Gasteiger partial charge on any atom is -0.488 e. The number of para-hydroxylation sites is 2. The third-order valence-electron chi connectivity index (χ3n) is 4.37. The van der Waals surface area contributed by atoms with Gasteiger partial charge in [0.2, 0.25) is 0 Å². The number of hydrogen-bond donors (Lipinski definition) is 1. The molecule has 27 heavy (non-hydrogen) atoms. The number of aryl methyl sites for hydroxylation is 1. The Morgan fingerprint density at radius 3 is 2.78 bits per heavy atom. The second-order valence-corrected chi connectivity index (χ2v) is 7.12. The summed E-state index contributed by atoms with van der Waals surface area (Å²) in [4.78, 5) is 23.0. The summed E-state index contributed by atoms with van der Waals surface area (Å²) in [6.07, 6.45) is 0.813. The molecule has 7 nitrogen and oxygen atoms in total. The summed E-state index contributed by atoms with van der Waals surface area (Å²) in [7, 11) is 0. The van der Waals surface area contributed by atoms with Gasteiger partial charge in [-0.3, -0.25) is 14.9 Å². The van der Waals surface area contributed by atoms with E-state index in [9.17, 15) is 14.9 Å². The van der Waals surface area contributed by atoms with E-state index < -0.39 is 10.8 Å². The van der Waals surface area contributed by atoms with Crippen molar-refractivity contribution in [2.24, 2.45) is 0 Å². The number of nitrogens with zero attached hydrogens (tertiary/aromatic N) is 1. The molecule has 0 fully saturated rings. The van der Waals surface area contributed by atoms with Gasteiger partial charge >= 0.3 is 0 Å². The first kappa shape index (κ1) is 18.7. The van der Waals surface area contributed by atoms with Gasteiger partial charge in [-0.15, -0.1) is 0 Å². The molecule has 1 amide bonds. The number of ether oxygens (including phenoxy) is 2. The summed E-state index contributed by atoms with van der Waals surface area (Å²) >= 11 is 0. The highest BCUT2D eigenvalue weighted by atomic mass is 16.6. The maximum atomic E-state index is 12.3. The van der Waals surface area contributed by atoms with Crippen LogP contribution in [0.1, 0.15) is 35.3 Å². The molecule has 0 unspecified atom stereocenters. The molecule has 1 heterocycles. The van der Waals surface area contributed by atoms with Crippen LogP contribution in [0.15, 0.2) is 36.4 Å². The summed E-state index contributed by atoms with van der Waals surface area (Å²) in [5, 5.41) is 13.9. The minimum atomic E-state index is -0.535. The van der Waals surface area contributed by atoms with Crippen molar-refractivity contribution in [1.82, 2.24) is 5.32 Å². The Morgan fingerprint density at radius 2 is 2.04 bits per heavy atom. The van der Waals surface area contributed by atoms with Crippen LogP contribution in [0.5, 0.6) is 11.5 Å². The molecule has 0 spiro atoms. The Hall–Kier alpha value is -3.09. The topological polar surface area (TPSA) is 90.7 Å². The predicted octanol–water partition coefficient (Wildman–Crippen LogP) is 3.43. The van der Waals surface area contributed by atoms with Crippen molar-refractivity contribution in [2.45, 2.75) is 32.8 Å². The van der Waals surface area contributed by atoms with E-state index in [1.165, 1.54) is 6.07 Å². The minimum absolute atomic E-state index is 0.0469. The highest BCUT2D eigenvalue weighted by molar-refractivity contribution is 5.98. The zero-order chi connectivity index (χ0) is 19.6. The molecule has 0 saturated carbocycles. The number of carbonyl (C=O) groups is 1. The number of nitro benzene ring substituents is 1. The predicted molar refractivity (Wildman–Crippen MR) is 101 cm³/mol. The Balaban J connectivity index is 1.60. The van der Waals surface area contributed by atoms with Crippen molar-refractivity contribution < 1.29 is 19.2 Å². The third-order valence-corrected chi connectivity index (χ3v) is 4.37. The van der Waals surface area contributed by atoms with Gasteiger partial charge in [0, 0.05) is 17.5 Å². The third kappa shape index (κ3) is 4.02. The molecule has 0 radical (unpaired) electrons. The van der Waals surface area contributed by atoms with E-state index in [1.54, 1.807) is 19.1 Å². The van der Waals surface area contributed by atoms with Gasteiger partial charge in [0.1, 0.15) is 17.8 Å². The lowest BCUT2D eigenvalue weighted by atomic mass is 10.0. The van der Waals surface area contributed by atoms with Crippen molar-refractivity contribution in [3.05, 3.63) is 63.2 Å². The largest absolute Gasteiger partial charge is 0.488 e. The summed E-state index contributed by atoms with van der Waals surface area (Å²) < 4.78 is 11.7. The molecule has 7 heteroatoms. The van der Waals surface area contributed by atoms with E-state index in [-0.39, 0.29) is 30.0 Å². The molecule has 0 atom stereocenters. The van der Waals surface area contributed by atoms with E-state index >= 15 is 0 Å². The molecule has 1 N–H and O–H groups in total. The second-order valence-electron chi connectivity index (χ2n) is 7.12. The van der Waals surface area contributed by atoms with Crippen LogP contribution in [0.2, 0.25) is 0 Å². The van der Waals surface area contributed by atoms with Crippen LogP contribution in [0.4, 0.5) is 5.69 Å². The van der Waals surface area contributed by atoms with Gasteiger partial charge in [-0.05, 0) is 32.9 Å². The van der Waals surface area contributed by atoms with Gasteiger partial charge in [0.25, 0.3) is 11.6 Å². The maximum absolute atomic E-state index is 12.3. The summed E-state index contributed by atoms with van der Waals surface area (Å²) in [5.74, 6) is 0.877. The fourth-order valence-corrected chi connectivity index (χ4v) is 3.21. The lowest BCUT2D eigenvalue weighted by molar-refractivity contribution is -0.385. The molecule has 1 aliphatic heterocycles. The first-order valence-electron chi connectivity index (χ1n) is 8.74.